The van der Waals surface area contributed by atoms with E-state index in [1.807, 2.05) is 23.1 Å². The SMILES string of the molecule is NC1(C(=O)N2CCCN(c3nc4ccccc4s3)CC2)CC1. The molecular weight excluding hydrogens is 296 g/mol. The zero-order chi connectivity index (χ0) is 15.2. The fraction of sp³-hybridized carbons (Fsp3) is 0.500. The molecule has 0 radical (unpaired) electrons. The fourth-order valence-corrected chi connectivity index (χ4v) is 3.99. The van der Waals surface area contributed by atoms with E-state index in [1.54, 1.807) is 11.3 Å². The Labute approximate surface area is 133 Å². The van der Waals surface area contributed by atoms with Crippen LogP contribution in [0.3, 0.4) is 0 Å². The minimum atomic E-state index is -0.551. The number of anilines is 1. The Balaban J connectivity index is 1.49. The predicted molar refractivity (Wildman–Crippen MR) is 89.2 cm³/mol. The van der Waals surface area contributed by atoms with Crippen molar-refractivity contribution >= 4 is 32.6 Å². The molecule has 0 unspecified atom stereocenters. The molecule has 0 spiro atoms. The number of nitrogens with zero attached hydrogens (tertiary/aromatic N) is 3. The highest BCUT2D eigenvalue weighted by Crippen LogP contribution is 2.35. The number of carbonyl (C=O) groups excluding carboxylic acids is 1. The van der Waals surface area contributed by atoms with Crippen LogP contribution in [-0.4, -0.2) is 47.5 Å². The van der Waals surface area contributed by atoms with Crippen LogP contribution in [0.4, 0.5) is 5.13 Å². The van der Waals surface area contributed by atoms with Gasteiger partial charge in [-0.15, -0.1) is 0 Å². The average molecular weight is 316 g/mol. The van der Waals surface area contributed by atoms with E-state index >= 15 is 0 Å². The molecule has 116 valence electrons. The summed E-state index contributed by atoms with van der Waals surface area (Å²) in [5, 5.41) is 1.06. The van der Waals surface area contributed by atoms with Gasteiger partial charge in [0, 0.05) is 26.2 Å². The van der Waals surface area contributed by atoms with Crippen LogP contribution in [0.2, 0.25) is 0 Å². The van der Waals surface area contributed by atoms with Crippen molar-refractivity contribution in [2.45, 2.75) is 24.8 Å². The minimum absolute atomic E-state index is 0.138. The van der Waals surface area contributed by atoms with Crippen molar-refractivity contribution in [1.29, 1.82) is 0 Å². The first-order chi connectivity index (χ1) is 10.7. The first-order valence-electron chi connectivity index (χ1n) is 7.84. The van der Waals surface area contributed by atoms with Crippen molar-refractivity contribution in [3.05, 3.63) is 24.3 Å². The van der Waals surface area contributed by atoms with E-state index in [2.05, 4.69) is 11.0 Å². The predicted octanol–water partition coefficient (Wildman–Crippen LogP) is 1.83. The molecule has 1 amide bonds. The van der Waals surface area contributed by atoms with Crippen LogP contribution >= 0.6 is 11.3 Å². The number of nitrogens with two attached hydrogens (primary N) is 1. The van der Waals surface area contributed by atoms with Gasteiger partial charge in [0.15, 0.2) is 5.13 Å². The Bertz CT molecular complexity index is 676. The highest BCUT2D eigenvalue weighted by molar-refractivity contribution is 7.22. The number of rotatable bonds is 2. The lowest BCUT2D eigenvalue weighted by molar-refractivity contribution is -0.133. The zero-order valence-corrected chi connectivity index (χ0v) is 13.3. The molecule has 1 saturated heterocycles. The summed E-state index contributed by atoms with van der Waals surface area (Å²) in [4.78, 5) is 21.4. The molecule has 2 fully saturated rings. The molecule has 2 aromatic rings. The van der Waals surface area contributed by atoms with Crippen molar-refractivity contribution in [1.82, 2.24) is 9.88 Å². The average Bonchev–Trinajstić information content (AvgIpc) is 3.21. The molecule has 0 bridgehead atoms. The summed E-state index contributed by atoms with van der Waals surface area (Å²) < 4.78 is 1.22. The van der Waals surface area contributed by atoms with Crippen molar-refractivity contribution in [3.8, 4) is 0 Å². The first kappa shape index (κ1) is 14.0. The standard InChI is InChI=1S/C16H20N4OS/c17-16(6-7-16)14(21)19-8-3-9-20(11-10-19)15-18-12-4-1-2-5-13(12)22-15/h1-2,4-5H,3,6-11,17H2. The molecule has 2 heterocycles. The van der Waals surface area contributed by atoms with Crippen LogP contribution in [-0.2, 0) is 4.79 Å². The third-order valence-electron chi connectivity index (χ3n) is 4.55. The highest BCUT2D eigenvalue weighted by Gasteiger charge is 2.48. The van der Waals surface area contributed by atoms with Crippen LogP contribution < -0.4 is 10.6 Å². The largest absolute Gasteiger partial charge is 0.346 e. The second kappa shape index (κ2) is 5.21. The van der Waals surface area contributed by atoms with Gasteiger partial charge in [-0.2, -0.15) is 0 Å². The Kier molecular flexibility index (Phi) is 3.31. The third kappa shape index (κ3) is 2.46. The van der Waals surface area contributed by atoms with Gasteiger partial charge in [0.25, 0.3) is 0 Å². The van der Waals surface area contributed by atoms with E-state index in [9.17, 15) is 4.79 Å². The van der Waals surface area contributed by atoms with E-state index < -0.39 is 5.54 Å². The van der Waals surface area contributed by atoms with Crippen LogP contribution in [0.1, 0.15) is 19.3 Å². The Morgan fingerprint density at radius 1 is 1.18 bits per heavy atom. The first-order valence-corrected chi connectivity index (χ1v) is 8.66. The normalized spacial score (nSPS) is 21.0. The lowest BCUT2D eigenvalue weighted by Gasteiger charge is -2.24. The van der Waals surface area contributed by atoms with E-state index in [-0.39, 0.29) is 5.91 Å². The molecule has 1 aliphatic carbocycles. The number of fused-ring (bicyclic) bond motifs is 1. The third-order valence-corrected chi connectivity index (χ3v) is 5.65. The van der Waals surface area contributed by atoms with Gasteiger partial charge < -0.3 is 15.5 Å². The lowest BCUT2D eigenvalue weighted by Crippen LogP contribution is -2.47. The van der Waals surface area contributed by atoms with Crippen molar-refractivity contribution in [2.24, 2.45) is 5.73 Å². The molecule has 0 atom stereocenters. The van der Waals surface area contributed by atoms with Gasteiger partial charge in [-0.3, -0.25) is 4.79 Å². The number of amides is 1. The number of hydrogen-bond donors (Lipinski definition) is 1. The molecule has 6 heteroatoms. The van der Waals surface area contributed by atoms with Crippen LogP contribution in [0.25, 0.3) is 10.2 Å². The molecule has 2 aliphatic rings. The Hall–Kier alpha value is -1.66. The molecule has 1 aliphatic heterocycles. The number of carbonyl (C=O) groups is 1. The highest BCUT2D eigenvalue weighted by atomic mass is 32.1. The molecule has 2 N–H and O–H groups in total. The second-order valence-corrected chi connectivity index (χ2v) is 7.26. The Morgan fingerprint density at radius 3 is 2.77 bits per heavy atom. The number of benzene rings is 1. The van der Waals surface area contributed by atoms with Crippen LogP contribution in [0.15, 0.2) is 24.3 Å². The van der Waals surface area contributed by atoms with E-state index in [4.69, 9.17) is 10.7 Å². The maximum Gasteiger partial charge on any atom is 0.242 e. The Morgan fingerprint density at radius 2 is 2.00 bits per heavy atom. The molecule has 22 heavy (non-hydrogen) atoms. The van der Waals surface area contributed by atoms with E-state index in [0.29, 0.717) is 0 Å². The molecule has 5 nitrogen and oxygen atoms in total. The summed E-state index contributed by atoms with van der Waals surface area (Å²) in [6.45, 7) is 3.33. The molecule has 1 aromatic heterocycles. The van der Waals surface area contributed by atoms with Gasteiger partial charge >= 0.3 is 0 Å². The zero-order valence-electron chi connectivity index (χ0n) is 12.5. The maximum absolute atomic E-state index is 12.4. The summed E-state index contributed by atoms with van der Waals surface area (Å²) in [5.74, 6) is 0.138. The van der Waals surface area contributed by atoms with Crippen LogP contribution in [0.5, 0.6) is 0 Å². The van der Waals surface area contributed by atoms with Gasteiger partial charge in [0.1, 0.15) is 0 Å². The number of para-hydroxylation sites is 1. The molecular formula is C16H20N4OS. The van der Waals surface area contributed by atoms with Gasteiger partial charge in [-0.25, -0.2) is 4.98 Å². The summed E-state index contributed by atoms with van der Waals surface area (Å²) in [6, 6.07) is 8.22. The quantitative estimate of drug-likeness (QED) is 0.918. The van der Waals surface area contributed by atoms with Crippen molar-refractivity contribution in [2.75, 3.05) is 31.1 Å². The summed E-state index contributed by atoms with van der Waals surface area (Å²) >= 11 is 1.73. The minimum Gasteiger partial charge on any atom is -0.346 e. The van der Waals surface area contributed by atoms with Gasteiger partial charge in [0.05, 0.1) is 15.8 Å². The fourth-order valence-electron chi connectivity index (χ4n) is 2.97. The van der Waals surface area contributed by atoms with Gasteiger partial charge in [-0.05, 0) is 31.4 Å². The summed E-state index contributed by atoms with van der Waals surface area (Å²) in [5.41, 5.74) is 6.56. The summed E-state index contributed by atoms with van der Waals surface area (Å²) in [6.07, 6.45) is 2.64. The molecule has 1 saturated carbocycles. The molecule has 4 rings (SSSR count). The number of hydrogen-bond acceptors (Lipinski definition) is 5. The summed E-state index contributed by atoms with van der Waals surface area (Å²) in [7, 11) is 0. The van der Waals surface area contributed by atoms with Crippen LogP contribution in [0, 0.1) is 0 Å². The number of thiazole rings is 1. The van der Waals surface area contributed by atoms with Gasteiger partial charge in [-0.1, -0.05) is 23.5 Å². The smallest absolute Gasteiger partial charge is 0.242 e. The van der Waals surface area contributed by atoms with E-state index in [0.717, 1.165) is 56.1 Å². The lowest BCUT2D eigenvalue weighted by atomic mass is 10.2. The van der Waals surface area contributed by atoms with E-state index in [1.165, 1.54) is 4.70 Å². The molecule has 1 aromatic carbocycles. The van der Waals surface area contributed by atoms with Crippen molar-refractivity contribution < 1.29 is 4.79 Å². The second-order valence-electron chi connectivity index (χ2n) is 6.25. The monoisotopic (exact) mass is 316 g/mol. The topological polar surface area (TPSA) is 62.5 Å². The van der Waals surface area contributed by atoms with Gasteiger partial charge in [0.2, 0.25) is 5.91 Å². The number of aromatic nitrogens is 1. The van der Waals surface area contributed by atoms with Crippen molar-refractivity contribution in [3.63, 3.8) is 0 Å². The maximum atomic E-state index is 12.4.